The summed E-state index contributed by atoms with van der Waals surface area (Å²) in [6.07, 6.45) is 3.32. The molecule has 1 heterocycles. The fraction of sp³-hybridized carbons (Fsp3) is 0.375. The first-order valence-corrected chi connectivity index (χ1v) is 7.81. The van der Waals surface area contributed by atoms with Crippen LogP contribution in [0.5, 0.6) is 0 Å². The Kier molecular flexibility index (Phi) is 3.85. The lowest BCUT2D eigenvalue weighted by Crippen LogP contribution is -2.27. The Labute approximate surface area is 121 Å². The number of rotatable bonds is 3. The van der Waals surface area contributed by atoms with E-state index in [1.807, 2.05) is 6.92 Å². The smallest absolute Gasteiger partial charge is 0.163 e. The van der Waals surface area contributed by atoms with Crippen molar-refractivity contribution in [3.8, 4) is 0 Å². The van der Waals surface area contributed by atoms with Crippen molar-refractivity contribution in [3.05, 3.63) is 57.3 Å². The summed E-state index contributed by atoms with van der Waals surface area (Å²) in [4.78, 5) is 1.42. The highest BCUT2D eigenvalue weighted by Gasteiger charge is 2.24. The zero-order valence-electron chi connectivity index (χ0n) is 11.3. The molecule has 1 nitrogen and oxygen atoms in total. The summed E-state index contributed by atoms with van der Waals surface area (Å²) < 4.78 is 27.1. The van der Waals surface area contributed by atoms with E-state index < -0.39 is 11.6 Å². The van der Waals surface area contributed by atoms with Gasteiger partial charge in [-0.25, -0.2) is 8.78 Å². The first-order valence-electron chi connectivity index (χ1n) is 6.93. The van der Waals surface area contributed by atoms with E-state index in [1.165, 1.54) is 10.4 Å². The van der Waals surface area contributed by atoms with Gasteiger partial charge in [-0.3, -0.25) is 0 Å². The minimum absolute atomic E-state index is 0.207. The van der Waals surface area contributed by atoms with E-state index >= 15 is 0 Å². The lowest BCUT2D eigenvalue weighted by Gasteiger charge is -2.27. The van der Waals surface area contributed by atoms with Crippen LogP contribution in [0.1, 0.15) is 47.9 Å². The summed E-state index contributed by atoms with van der Waals surface area (Å²) in [5, 5.41) is 5.55. The third kappa shape index (κ3) is 2.50. The molecule has 4 heteroatoms. The maximum Gasteiger partial charge on any atom is 0.163 e. The van der Waals surface area contributed by atoms with Crippen LogP contribution >= 0.6 is 11.3 Å². The van der Waals surface area contributed by atoms with Gasteiger partial charge in [-0.2, -0.15) is 0 Å². The predicted molar refractivity (Wildman–Crippen MR) is 77.9 cm³/mol. The number of halogens is 2. The van der Waals surface area contributed by atoms with Gasteiger partial charge in [-0.05, 0) is 49.3 Å². The van der Waals surface area contributed by atoms with E-state index in [0.29, 0.717) is 5.56 Å². The van der Waals surface area contributed by atoms with Gasteiger partial charge >= 0.3 is 0 Å². The van der Waals surface area contributed by atoms with Crippen molar-refractivity contribution in [2.75, 3.05) is 0 Å². The molecule has 1 N–H and O–H groups in total. The number of hydrogen-bond acceptors (Lipinski definition) is 2. The second kappa shape index (κ2) is 5.62. The normalized spacial score (nSPS) is 19.6. The third-order valence-electron chi connectivity index (χ3n) is 3.95. The number of thiophene rings is 1. The summed E-state index contributed by atoms with van der Waals surface area (Å²) >= 11 is 1.78. The van der Waals surface area contributed by atoms with Crippen molar-refractivity contribution >= 4 is 11.3 Å². The molecule has 0 radical (unpaired) electrons. The van der Waals surface area contributed by atoms with Crippen molar-refractivity contribution in [2.24, 2.45) is 0 Å². The minimum Gasteiger partial charge on any atom is -0.303 e. The van der Waals surface area contributed by atoms with Gasteiger partial charge in [0.15, 0.2) is 11.6 Å². The van der Waals surface area contributed by atoms with Crippen LogP contribution in [-0.2, 0) is 6.42 Å². The van der Waals surface area contributed by atoms with Gasteiger partial charge in [-0.1, -0.05) is 12.1 Å². The molecule has 20 heavy (non-hydrogen) atoms. The van der Waals surface area contributed by atoms with Crippen molar-refractivity contribution in [1.29, 1.82) is 0 Å². The molecule has 0 fully saturated rings. The summed E-state index contributed by atoms with van der Waals surface area (Å²) in [5.74, 6) is -1.52. The van der Waals surface area contributed by atoms with E-state index in [2.05, 4.69) is 16.8 Å². The molecule has 0 saturated heterocycles. The van der Waals surface area contributed by atoms with Crippen LogP contribution in [0.25, 0.3) is 0 Å². The summed E-state index contributed by atoms with van der Waals surface area (Å²) in [7, 11) is 0. The quantitative estimate of drug-likeness (QED) is 0.860. The molecule has 2 aromatic rings. The Hall–Kier alpha value is -1.26. The fourth-order valence-electron chi connectivity index (χ4n) is 2.91. The molecule has 1 aliphatic carbocycles. The fourth-order valence-corrected chi connectivity index (χ4v) is 3.89. The molecule has 1 aromatic heterocycles. The highest BCUT2D eigenvalue weighted by Crippen LogP contribution is 2.35. The molecule has 0 aliphatic heterocycles. The number of hydrogen-bond donors (Lipinski definition) is 1. The van der Waals surface area contributed by atoms with Gasteiger partial charge in [0.1, 0.15) is 0 Å². The Morgan fingerprint density at radius 1 is 1.30 bits per heavy atom. The third-order valence-corrected chi connectivity index (χ3v) is 4.95. The number of nitrogens with one attached hydrogen (secondary N) is 1. The van der Waals surface area contributed by atoms with Crippen molar-refractivity contribution in [2.45, 2.75) is 38.3 Å². The molecule has 0 spiro atoms. The second-order valence-corrected chi connectivity index (χ2v) is 6.28. The second-order valence-electron chi connectivity index (χ2n) is 5.28. The van der Waals surface area contributed by atoms with E-state index in [4.69, 9.17) is 0 Å². The lowest BCUT2D eigenvalue weighted by molar-refractivity contribution is 0.402. The van der Waals surface area contributed by atoms with E-state index in [-0.39, 0.29) is 12.1 Å². The summed E-state index contributed by atoms with van der Waals surface area (Å²) in [5.41, 5.74) is 1.72. The molecule has 1 aliphatic rings. The maximum atomic E-state index is 13.8. The Morgan fingerprint density at radius 3 is 3.00 bits per heavy atom. The molecular formula is C16H17F2NS. The van der Waals surface area contributed by atoms with Gasteiger partial charge in [0.25, 0.3) is 0 Å². The van der Waals surface area contributed by atoms with E-state index in [9.17, 15) is 8.78 Å². The summed E-state index contributed by atoms with van der Waals surface area (Å²) in [6.45, 7) is 1.89. The molecule has 3 rings (SSSR count). The standard InChI is InChI=1S/C16H17F2NS/c1-10(11-4-2-5-13(17)16(11)18)19-14-6-3-7-15-12(14)8-9-20-15/h2,4-5,8-10,14,19H,3,6-7H2,1H3. The van der Waals surface area contributed by atoms with Gasteiger partial charge in [-0.15, -0.1) is 11.3 Å². The number of fused-ring (bicyclic) bond motifs is 1. The average Bonchev–Trinajstić information content (AvgIpc) is 2.91. The highest BCUT2D eigenvalue weighted by atomic mass is 32.1. The molecule has 0 saturated carbocycles. The molecule has 1 aromatic carbocycles. The first kappa shape index (κ1) is 13.7. The zero-order valence-corrected chi connectivity index (χ0v) is 12.1. The Balaban J connectivity index is 1.81. The van der Waals surface area contributed by atoms with Crippen molar-refractivity contribution in [3.63, 3.8) is 0 Å². The van der Waals surface area contributed by atoms with Gasteiger partial charge in [0.2, 0.25) is 0 Å². The van der Waals surface area contributed by atoms with Crippen LogP contribution in [-0.4, -0.2) is 0 Å². The van der Waals surface area contributed by atoms with Crippen molar-refractivity contribution in [1.82, 2.24) is 5.32 Å². The number of aryl methyl sites for hydroxylation is 1. The van der Waals surface area contributed by atoms with Crippen molar-refractivity contribution < 1.29 is 8.78 Å². The van der Waals surface area contributed by atoms with Gasteiger partial charge < -0.3 is 5.32 Å². The van der Waals surface area contributed by atoms with Crippen LogP contribution in [0.2, 0.25) is 0 Å². The Bertz CT molecular complexity index is 608. The predicted octanol–water partition coefficient (Wildman–Crippen LogP) is 4.75. The first-order chi connectivity index (χ1) is 9.66. The van der Waals surface area contributed by atoms with E-state index in [1.54, 1.807) is 23.5 Å². The SMILES string of the molecule is CC(NC1CCCc2sccc21)c1cccc(F)c1F. The molecular weight excluding hydrogens is 276 g/mol. The highest BCUT2D eigenvalue weighted by molar-refractivity contribution is 7.10. The van der Waals surface area contributed by atoms with Gasteiger partial charge in [0, 0.05) is 22.5 Å². The largest absolute Gasteiger partial charge is 0.303 e. The zero-order chi connectivity index (χ0) is 14.1. The monoisotopic (exact) mass is 293 g/mol. The van der Waals surface area contributed by atoms with Crippen LogP contribution < -0.4 is 5.32 Å². The molecule has 0 bridgehead atoms. The molecule has 106 valence electrons. The Morgan fingerprint density at radius 2 is 2.15 bits per heavy atom. The minimum atomic E-state index is -0.781. The van der Waals surface area contributed by atoms with Crippen LogP contribution in [0.3, 0.4) is 0 Å². The van der Waals surface area contributed by atoms with E-state index in [0.717, 1.165) is 25.3 Å². The summed E-state index contributed by atoms with van der Waals surface area (Å²) in [6, 6.07) is 6.54. The lowest BCUT2D eigenvalue weighted by atomic mass is 9.93. The van der Waals surface area contributed by atoms with Crippen LogP contribution in [0.15, 0.2) is 29.6 Å². The van der Waals surface area contributed by atoms with Crippen LogP contribution in [0, 0.1) is 11.6 Å². The molecule has 0 amide bonds. The molecule has 2 atom stereocenters. The molecule has 2 unspecified atom stereocenters. The van der Waals surface area contributed by atoms with Crippen LogP contribution in [0.4, 0.5) is 8.78 Å². The number of benzene rings is 1. The topological polar surface area (TPSA) is 12.0 Å². The van der Waals surface area contributed by atoms with Gasteiger partial charge in [0.05, 0.1) is 0 Å². The maximum absolute atomic E-state index is 13.8. The average molecular weight is 293 g/mol.